The van der Waals surface area contributed by atoms with Crippen LogP contribution in [0, 0.1) is 0 Å². The molecule has 0 fully saturated rings. The maximum Gasteiger partial charge on any atom is 1.00 e. The van der Waals surface area contributed by atoms with Gasteiger partial charge >= 0.3 is 33.5 Å². The van der Waals surface area contributed by atoms with Crippen molar-refractivity contribution in [2.75, 3.05) is 0 Å². The molecule has 0 N–H and O–H groups in total. The summed E-state index contributed by atoms with van der Waals surface area (Å²) in [6, 6.07) is 0. The molecule has 60 valence electrons. The summed E-state index contributed by atoms with van der Waals surface area (Å²) in [5, 5.41) is 9.87. The summed E-state index contributed by atoms with van der Waals surface area (Å²) in [4.78, 5) is 9.92. The number of rotatable bonds is 1. The van der Waals surface area contributed by atoms with Crippen LogP contribution in [0.4, 0.5) is 13.2 Å². The number of alkyl halides is 3. The van der Waals surface area contributed by atoms with Crippen LogP contribution in [0.15, 0.2) is 11.8 Å². The van der Waals surface area contributed by atoms with E-state index in [1.165, 1.54) is 0 Å². The molecule has 0 aromatic rings. The van der Waals surface area contributed by atoms with Gasteiger partial charge in [-0.2, -0.15) is 13.2 Å². The average molecular weight is 357 g/mol. The number of hydrogen-bond acceptors (Lipinski definition) is 2. The summed E-state index contributed by atoms with van der Waals surface area (Å²) >= 11 is 0. The van der Waals surface area contributed by atoms with E-state index in [0.717, 1.165) is 6.92 Å². The molecule has 0 aliphatic heterocycles. The fourth-order valence-electron chi connectivity index (χ4n) is 0.266. The number of carbonyl (C=O) groups excluding carboxylic acids is 1. The molecule has 0 atom stereocenters. The Morgan fingerprint density at radius 3 is 1.91 bits per heavy atom. The Morgan fingerprint density at radius 1 is 1.45 bits per heavy atom. The third kappa shape index (κ3) is 6.33. The van der Waals surface area contributed by atoms with Crippen molar-refractivity contribution >= 4 is 33.1 Å². The van der Waals surface area contributed by atoms with Gasteiger partial charge in [0.15, 0.2) is 5.78 Å². The van der Waals surface area contributed by atoms with Gasteiger partial charge in [-0.15, -0.1) is 0 Å². The van der Waals surface area contributed by atoms with Gasteiger partial charge in [-0.3, -0.25) is 4.79 Å². The number of hydrogen-bond donors (Lipinski definition) is 0. The Kier molecular flexibility index (Phi) is 5.81. The van der Waals surface area contributed by atoms with Crippen LogP contribution < -0.4 is 5.11 Å². The molecular weight excluding hydrogens is 353 g/mol. The first-order chi connectivity index (χ1) is 4.34. The molecule has 0 saturated carbocycles. The van der Waals surface area contributed by atoms with Gasteiger partial charge in [-0.1, -0.05) is 0 Å². The largest absolute Gasteiger partial charge is 1.00 e. The molecule has 0 aliphatic carbocycles. The van der Waals surface area contributed by atoms with Gasteiger partial charge in [0.05, 0.1) is 0 Å². The average Bonchev–Trinajstić information content (AvgIpc) is 1.60. The molecule has 0 radical (unpaired) electrons. The summed E-state index contributed by atoms with van der Waals surface area (Å²) in [5.74, 6) is -3.01. The maximum atomic E-state index is 11.3. The smallest absolute Gasteiger partial charge is 0.869 e. The van der Waals surface area contributed by atoms with Crippen molar-refractivity contribution in [1.82, 2.24) is 0 Å². The van der Waals surface area contributed by atoms with Crippen molar-refractivity contribution in [3.63, 3.8) is 0 Å². The van der Waals surface area contributed by atoms with E-state index in [-0.39, 0.29) is 33.4 Å². The van der Waals surface area contributed by atoms with E-state index >= 15 is 0 Å². The second-order valence-electron chi connectivity index (χ2n) is 1.62. The van der Waals surface area contributed by atoms with E-state index in [1.807, 2.05) is 0 Å². The van der Waals surface area contributed by atoms with Crippen LogP contribution in [-0.2, 0) is 4.79 Å². The van der Waals surface area contributed by atoms with Gasteiger partial charge in [-0.05, 0) is 18.8 Å². The Bertz CT molecular complexity index is 173. The fraction of sp³-hybridized carbons (Fsp3) is 0.400. The minimum absolute atomic E-state index is 0. The number of carbonyl (C=O) groups is 1. The van der Waals surface area contributed by atoms with Crippen LogP contribution in [0.1, 0.15) is 6.92 Å². The molecule has 0 unspecified atom stereocenters. The second kappa shape index (κ2) is 4.73. The molecule has 0 amide bonds. The molecular formula is C5H4F3O2Tl. The molecule has 0 spiro atoms. The first-order valence-electron chi connectivity index (χ1n) is 2.30. The predicted octanol–water partition coefficient (Wildman–Crippen LogP) is 0.00110. The summed E-state index contributed by atoms with van der Waals surface area (Å²) in [6.07, 6.45) is -4.91. The van der Waals surface area contributed by atoms with E-state index < -0.39 is 17.7 Å². The van der Waals surface area contributed by atoms with Gasteiger partial charge in [0.2, 0.25) is 0 Å². The van der Waals surface area contributed by atoms with Crippen molar-refractivity contribution in [3.8, 4) is 0 Å². The van der Waals surface area contributed by atoms with Gasteiger partial charge in [-0.25, -0.2) is 0 Å². The monoisotopic (exact) mass is 358 g/mol. The topological polar surface area (TPSA) is 40.1 Å². The minimum Gasteiger partial charge on any atom is -0.869 e. The molecule has 0 bridgehead atoms. The third-order valence-corrected chi connectivity index (χ3v) is 0.614. The molecule has 0 aromatic carbocycles. The summed E-state index contributed by atoms with van der Waals surface area (Å²) in [5.41, 5.74) is 0. The quantitative estimate of drug-likeness (QED) is 0.377. The fourth-order valence-corrected chi connectivity index (χ4v) is 0.266. The Morgan fingerprint density at radius 2 is 1.82 bits per heavy atom. The normalized spacial score (nSPS) is 12.2. The first-order valence-corrected chi connectivity index (χ1v) is 2.30. The second-order valence-corrected chi connectivity index (χ2v) is 1.62. The molecule has 0 heterocycles. The van der Waals surface area contributed by atoms with Crippen LogP contribution >= 0.6 is 0 Å². The molecule has 6 heteroatoms. The van der Waals surface area contributed by atoms with Crippen LogP contribution in [0.5, 0.6) is 0 Å². The predicted molar refractivity (Wildman–Crippen MR) is 30.6 cm³/mol. The summed E-state index contributed by atoms with van der Waals surface area (Å²) in [7, 11) is 0. The molecule has 0 rings (SSSR count). The molecule has 0 aromatic heterocycles. The zero-order valence-corrected chi connectivity index (χ0v) is 10.1. The minimum atomic E-state index is -4.92. The van der Waals surface area contributed by atoms with Gasteiger partial charge in [0.1, 0.15) is 0 Å². The number of allylic oxidation sites excluding steroid dienone is 2. The molecule has 2 nitrogen and oxygen atoms in total. The van der Waals surface area contributed by atoms with Crippen molar-refractivity contribution in [2.45, 2.75) is 13.1 Å². The van der Waals surface area contributed by atoms with E-state index in [4.69, 9.17) is 0 Å². The van der Waals surface area contributed by atoms with E-state index in [0.29, 0.717) is 0 Å². The van der Waals surface area contributed by atoms with E-state index in [1.54, 1.807) is 0 Å². The number of halogens is 3. The van der Waals surface area contributed by atoms with E-state index in [9.17, 15) is 23.1 Å². The Balaban J connectivity index is 0. The van der Waals surface area contributed by atoms with Gasteiger partial charge in [0.25, 0.3) is 0 Å². The third-order valence-electron chi connectivity index (χ3n) is 0.614. The van der Waals surface area contributed by atoms with Crippen LogP contribution in [-0.4, -0.2) is 39.3 Å². The van der Waals surface area contributed by atoms with Gasteiger partial charge < -0.3 is 5.11 Å². The molecule has 0 saturated heterocycles. The SMILES string of the molecule is CC(=O)/C=C(\[O-])C(F)(F)F.[Tl+]. The Labute approximate surface area is 81.2 Å². The van der Waals surface area contributed by atoms with Crippen LogP contribution in [0.25, 0.3) is 0 Å². The van der Waals surface area contributed by atoms with Crippen LogP contribution in [0.2, 0.25) is 0 Å². The zero-order valence-electron chi connectivity index (χ0n) is 5.61. The zero-order chi connectivity index (χ0) is 8.36. The van der Waals surface area contributed by atoms with Crippen molar-refractivity contribution in [2.24, 2.45) is 0 Å². The van der Waals surface area contributed by atoms with Crippen molar-refractivity contribution < 1.29 is 23.1 Å². The van der Waals surface area contributed by atoms with E-state index in [2.05, 4.69) is 0 Å². The molecule has 0 aliphatic rings. The van der Waals surface area contributed by atoms with Crippen molar-refractivity contribution in [3.05, 3.63) is 11.8 Å². The Hall–Kier alpha value is -0.0779. The summed E-state index contributed by atoms with van der Waals surface area (Å²) in [6.45, 7) is 0.879. The standard InChI is InChI=1S/C5H5F3O2.Tl/c1-3(9)2-4(10)5(6,7)8;/h2,10H,1H3;/q;+1/p-1/b4-2-;. The number of ketones is 1. The summed E-state index contributed by atoms with van der Waals surface area (Å²) < 4.78 is 33.8. The maximum absolute atomic E-state index is 11.3. The van der Waals surface area contributed by atoms with Crippen molar-refractivity contribution in [1.29, 1.82) is 0 Å². The first kappa shape index (κ1) is 13.5. The molecule has 11 heavy (non-hydrogen) atoms. The van der Waals surface area contributed by atoms with Gasteiger partial charge in [0, 0.05) is 0 Å². The van der Waals surface area contributed by atoms with Crippen LogP contribution in [0.3, 0.4) is 0 Å².